The average molecular weight is 319 g/mol. The van der Waals surface area contributed by atoms with Crippen LogP contribution in [0.25, 0.3) is 0 Å². The van der Waals surface area contributed by atoms with E-state index in [2.05, 4.69) is 9.51 Å². The lowest BCUT2D eigenvalue weighted by molar-refractivity contribution is -0.343. The van der Waals surface area contributed by atoms with Gasteiger partial charge in [0.25, 0.3) is 5.56 Å². The van der Waals surface area contributed by atoms with Gasteiger partial charge in [-0.2, -0.15) is 0 Å². The van der Waals surface area contributed by atoms with Crippen molar-refractivity contribution in [3.05, 3.63) is 32.6 Å². The Labute approximate surface area is 118 Å². The second-order valence-electron chi connectivity index (χ2n) is 4.75. The van der Waals surface area contributed by atoms with Crippen LogP contribution < -0.4 is 26.8 Å². The lowest BCUT2D eigenvalue weighted by Gasteiger charge is -2.30. The van der Waals surface area contributed by atoms with E-state index in [9.17, 15) is 23.9 Å². The highest BCUT2D eigenvalue weighted by molar-refractivity contribution is 7.43. The number of phosphoric acid groups is 1. The van der Waals surface area contributed by atoms with Crippen LogP contribution in [0.4, 0.5) is 0 Å². The number of phosphoric ester groups is 1. The molecule has 2 rings (SSSR count). The molecule has 1 aliphatic rings. The molecular weight excluding hydrogens is 305 g/mol. The highest BCUT2D eigenvalue weighted by Gasteiger charge is 2.34. The Morgan fingerprint density at radius 1 is 1.57 bits per heavy atom. The summed E-state index contributed by atoms with van der Waals surface area (Å²) in [6, 6.07) is -0.610. The third-order valence-electron chi connectivity index (χ3n) is 3.14. The fraction of sp³-hybridized carbons (Fsp3) is 0.600. The van der Waals surface area contributed by atoms with Crippen LogP contribution in [0.15, 0.2) is 15.8 Å². The molecule has 1 saturated heterocycles. The van der Waals surface area contributed by atoms with Crippen molar-refractivity contribution in [3.63, 3.8) is 0 Å². The summed E-state index contributed by atoms with van der Waals surface area (Å²) >= 11 is 0. The molecule has 0 spiro atoms. The van der Waals surface area contributed by atoms with Gasteiger partial charge in [0.1, 0.15) is 6.23 Å². The van der Waals surface area contributed by atoms with Crippen molar-refractivity contribution in [1.29, 1.82) is 0 Å². The van der Waals surface area contributed by atoms with Crippen molar-refractivity contribution in [1.82, 2.24) is 9.55 Å². The lowest BCUT2D eigenvalue weighted by atomic mass is 10.1. The lowest BCUT2D eigenvalue weighted by Crippen LogP contribution is -2.35. The summed E-state index contributed by atoms with van der Waals surface area (Å²) in [5, 5.41) is 0. The number of hydrogen-bond donors (Lipinski definition) is 2. The number of nitrogens with one attached hydrogen (secondary N) is 1. The molecule has 0 saturated carbocycles. The number of aromatic nitrogens is 2. The second-order valence-corrected chi connectivity index (χ2v) is 5.90. The second kappa shape index (κ2) is 5.84. The van der Waals surface area contributed by atoms with Crippen molar-refractivity contribution in [2.45, 2.75) is 31.7 Å². The van der Waals surface area contributed by atoms with E-state index in [-0.39, 0.29) is 6.42 Å². The summed E-state index contributed by atoms with van der Waals surface area (Å²) in [6.45, 7) is 1.01. The zero-order valence-corrected chi connectivity index (χ0v) is 11.9. The molecule has 2 heterocycles. The number of rotatable bonds is 4. The van der Waals surface area contributed by atoms with Crippen LogP contribution in [-0.2, 0) is 13.8 Å². The molecule has 1 aromatic heterocycles. The molecule has 0 aliphatic carbocycles. The minimum Gasteiger partial charge on any atom is -0.790 e. The summed E-state index contributed by atoms with van der Waals surface area (Å²) in [5.41, 5.74) is 4.92. The van der Waals surface area contributed by atoms with Crippen molar-refractivity contribution >= 4 is 7.82 Å². The largest absolute Gasteiger partial charge is 0.790 e. The van der Waals surface area contributed by atoms with E-state index < -0.39 is 44.1 Å². The van der Waals surface area contributed by atoms with E-state index in [0.29, 0.717) is 5.56 Å². The van der Waals surface area contributed by atoms with Gasteiger partial charge in [-0.1, -0.05) is 0 Å². The predicted molar refractivity (Wildman–Crippen MR) is 66.1 cm³/mol. The minimum absolute atomic E-state index is 0.210. The van der Waals surface area contributed by atoms with Gasteiger partial charge in [-0.05, 0) is 6.92 Å². The molecule has 3 N–H and O–H groups in total. The molecule has 1 aliphatic heterocycles. The van der Waals surface area contributed by atoms with E-state index in [0.717, 1.165) is 4.57 Å². The van der Waals surface area contributed by atoms with Gasteiger partial charge in [0.05, 0.1) is 20.5 Å². The minimum atomic E-state index is -5.11. The maximum absolute atomic E-state index is 11.7. The van der Waals surface area contributed by atoms with Gasteiger partial charge < -0.3 is 29.3 Å². The summed E-state index contributed by atoms with van der Waals surface area (Å²) in [5.74, 6) is 0. The molecule has 0 amide bonds. The van der Waals surface area contributed by atoms with Crippen LogP contribution in [0.2, 0.25) is 0 Å². The standard InChI is InChI=1S/C10H16N3O7P/c1-5-3-13(10(15)12-9(5)14)8-2-6(11)7(20-8)4-19-21(16,17)18/h3,6-8H,2,4,11H2,1H3,(H,12,14,15)(H2,16,17,18)/p-2/t6-,7+,8+/m0/s1. The molecule has 11 heteroatoms. The molecule has 0 radical (unpaired) electrons. The van der Waals surface area contributed by atoms with Crippen LogP contribution >= 0.6 is 7.82 Å². The molecule has 3 atom stereocenters. The summed E-state index contributed by atoms with van der Waals surface area (Å²) in [6.07, 6.45) is -0.0744. The van der Waals surface area contributed by atoms with Gasteiger partial charge in [0, 0.05) is 24.2 Å². The first-order chi connectivity index (χ1) is 9.67. The fourth-order valence-electron chi connectivity index (χ4n) is 2.05. The monoisotopic (exact) mass is 319 g/mol. The molecule has 0 bridgehead atoms. The van der Waals surface area contributed by atoms with Crippen LogP contribution in [-0.4, -0.2) is 28.3 Å². The topological polar surface area (TPSA) is 163 Å². The SMILES string of the molecule is Cc1cn([C@H]2C[C@H](N)[C@@H](COP(=O)([O-])[O-])O2)c(=O)[nH]c1=O. The summed E-state index contributed by atoms with van der Waals surface area (Å²) in [4.78, 5) is 46.0. The average Bonchev–Trinajstić information content (AvgIpc) is 2.72. The van der Waals surface area contributed by atoms with Crippen molar-refractivity contribution in [2.75, 3.05) is 6.61 Å². The Balaban J connectivity index is 2.14. The number of nitrogens with two attached hydrogens (primary N) is 1. The first kappa shape index (κ1) is 16.1. The maximum Gasteiger partial charge on any atom is 0.330 e. The van der Waals surface area contributed by atoms with Crippen molar-refractivity contribution in [2.24, 2.45) is 5.73 Å². The van der Waals surface area contributed by atoms with Crippen LogP contribution in [0, 0.1) is 6.92 Å². The normalized spacial score (nSPS) is 26.2. The zero-order chi connectivity index (χ0) is 15.8. The van der Waals surface area contributed by atoms with Crippen LogP contribution in [0.5, 0.6) is 0 Å². The number of H-pyrrole nitrogens is 1. The molecule has 10 nitrogen and oxygen atoms in total. The third kappa shape index (κ3) is 3.88. The Morgan fingerprint density at radius 3 is 2.86 bits per heavy atom. The van der Waals surface area contributed by atoms with E-state index in [1.807, 2.05) is 0 Å². The quantitative estimate of drug-likeness (QED) is 0.566. The molecule has 118 valence electrons. The van der Waals surface area contributed by atoms with Gasteiger partial charge in [-0.3, -0.25) is 14.3 Å². The van der Waals surface area contributed by atoms with Gasteiger partial charge in [-0.25, -0.2) is 4.79 Å². The van der Waals surface area contributed by atoms with Gasteiger partial charge in [0.15, 0.2) is 0 Å². The molecule has 0 unspecified atom stereocenters. The highest BCUT2D eigenvalue weighted by Crippen LogP contribution is 2.31. The van der Waals surface area contributed by atoms with Gasteiger partial charge in [0.2, 0.25) is 0 Å². The summed E-state index contributed by atoms with van der Waals surface area (Å²) in [7, 11) is -5.11. The molecule has 21 heavy (non-hydrogen) atoms. The Hall–Kier alpha value is -1.29. The third-order valence-corrected chi connectivity index (χ3v) is 3.60. The molecular formula is C10H14N3O7P-2. The van der Waals surface area contributed by atoms with Crippen molar-refractivity contribution < 1.29 is 23.6 Å². The van der Waals surface area contributed by atoms with Crippen LogP contribution in [0.1, 0.15) is 18.2 Å². The number of hydrogen-bond acceptors (Lipinski definition) is 8. The Kier molecular flexibility index (Phi) is 4.47. The molecule has 1 aromatic rings. The molecule has 0 aromatic carbocycles. The number of nitrogens with zero attached hydrogens (tertiary/aromatic N) is 1. The number of aryl methyl sites for hydroxylation is 1. The van der Waals surface area contributed by atoms with Crippen LogP contribution in [0.3, 0.4) is 0 Å². The molecule has 1 fully saturated rings. The Morgan fingerprint density at radius 2 is 2.24 bits per heavy atom. The maximum atomic E-state index is 11.7. The van der Waals surface area contributed by atoms with E-state index in [4.69, 9.17) is 10.5 Å². The first-order valence-corrected chi connectivity index (χ1v) is 7.53. The first-order valence-electron chi connectivity index (χ1n) is 6.07. The number of aromatic amines is 1. The van der Waals surface area contributed by atoms with Gasteiger partial charge in [-0.15, -0.1) is 0 Å². The fourth-order valence-corrected chi connectivity index (χ4v) is 2.38. The summed E-state index contributed by atoms with van der Waals surface area (Å²) < 4.78 is 21.2. The zero-order valence-electron chi connectivity index (χ0n) is 11.1. The van der Waals surface area contributed by atoms with Crippen molar-refractivity contribution in [3.8, 4) is 0 Å². The van der Waals surface area contributed by atoms with E-state index >= 15 is 0 Å². The number of ether oxygens (including phenoxy) is 1. The Bertz CT molecular complexity index is 678. The smallest absolute Gasteiger partial charge is 0.330 e. The predicted octanol–water partition coefficient (Wildman–Crippen LogP) is -2.69. The van der Waals surface area contributed by atoms with E-state index in [1.54, 1.807) is 0 Å². The van der Waals surface area contributed by atoms with E-state index in [1.165, 1.54) is 13.1 Å². The van der Waals surface area contributed by atoms with Gasteiger partial charge >= 0.3 is 5.69 Å². The highest BCUT2D eigenvalue weighted by atomic mass is 31.2.